The lowest BCUT2D eigenvalue weighted by Gasteiger charge is -2.17. The molecule has 0 saturated heterocycles. The quantitative estimate of drug-likeness (QED) is 0.703. The van der Waals surface area contributed by atoms with E-state index in [0.717, 1.165) is 12.1 Å². The highest BCUT2D eigenvalue weighted by Gasteiger charge is 2.48. The van der Waals surface area contributed by atoms with E-state index in [4.69, 9.17) is 23.2 Å². The van der Waals surface area contributed by atoms with Gasteiger partial charge >= 0.3 is 4.59 Å². The second-order valence-corrected chi connectivity index (χ2v) is 8.12. The van der Waals surface area contributed by atoms with Crippen molar-refractivity contribution in [1.82, 2.24) is 0 Å². The maximum absolute atomic E-state index is 14.2. The van der Waals surface area contributed by atoms with Gasteiger partial charge in [0, 0.05) is 0 Å². The molecule has 0 radical (unpaired) electrons. The van der Waals surface area contributed by atoms with Crippen LogP contribution in [0.3, 0.4) is 0 Å². The van der Waals surface area contributed by atoms with Crippen LogP contribution in [0.4, 0.5) is 8.78 Å². The highest BCUT2D eigenvalue weighted by molar-refractivity contribution is 8.14. The Morgan fingerprint density at radius 1 is 0.905 bits per heavy atom. The van der Waals surface area contributed by atoms with Crippen LogP contribution in [0.5, 0.6) is 0 Å². The van der Waals surface area contributed by atoms with Gasteiger partial charge < -0.3 is 0 Å². The van der Waals surface area contributed by atoms with Crippen LogP contribution in [-0.2, 0) is 9.84 Å². The number of hydrogen-bond acceptors (Lipinski definition) is 3. The largest absolute Gasteiger partial charge is 0.401 e. The molecule has 2 nitrogen and oxygen atoms in total. The minimum atomic E-state index is -4.86. The summed E-state index contributed by atoms with van der Waals surface area (Å²) >= 11 is 11.4. The second-order valence-electron chi connectivity index (χ2n) is 3.93. The monoisotopic (exact) mass is 368 g/mol. The van der Waals surface area contributed by atoms with Gasteiger partial charge in [-0.25, -0.2) is 8.42 Å². The van der Waals surface area contributed by atoms with Crippen LogP contribution in [0.25, 0.3) is 0 Å². The zero-order valence-corrected chi connectivity index (χ0v) is 13.4. The molecular weight excluding hydrogens is 361 g/mol. The first-order chi connectivity index (χ1) is 9.75. The van der Waals surface area contributed by atoms with Gasteiger partial charge in [-0.1, -0.05) is 47.5 Å². The van der Waals surface area contributed by atoms with Gasteiger partial charge in [0.05, 0.1) is 19.8 Å². The summed E-state index contributed by atoms with van der Waals surface area (Å²) in [6.07, 6.45) is 0. The summed E-state index contributed by atoms with van der Waals surface area (Å²) in [4.78, 5) is -0.643. The number of sulfone groups is 1. The van der Waals surface area contributed by atoms with Crippen molar-refractivity contribution < 1.29 is 17.2 Å². The minimum Gasteiger partial charge on any atom is -0.216 e. The third kappa shape index (κ3) is 3.34. The number of halogens is 4. The van der Waals surface area contributed by atoms with Crippen LogP contribution in [-0.4, -0.2) is 13.0 Å². The summed E-state index contributed by atoms with van der Waals surface area (Å²) in [6.45, 7) is 0. The highest BCUT2D eigenvalue weighted by atomic mass is 35.5. The number of thioether (sulfide) groups is 1. The van der Waals surface area contributed by atoms with Crippen LogP contribution >= 0.6 is 35.0 Å². The van der Waals surface area contributed by atoms with Crippen LogP contribution in [0.1, 0.15) is 0 Å². The standard InChI is InChI=1S/C13H8Cl2F2O2S2/c14-10-7-4-8-11(15)12(10)20-13(16,17)21(18,19)9-5-2-1-3-6-9/h1-8H. The van der Waals surface area contributed by atoms with Gasteiger partial charge in [-0.2, -0.15) is 8.78 Å². The molecule has 0 aromatic heterocycles. The normalized spacial score (nSPS) is 12.4. The van der Waals surface area contributed by atoms with Crippen molar-refractivity contribution in [2.75, 3.05) is 0 Å². The lowest BCUT2D eigenvalue weighted by atomic mass is 10.4. The molecule has 0 amide bonds. The van der Waals surface area contributed by atoms with Gasteiger partial charge in [-0.15, -0.1) is 0 Å². The smallest absolute Gasteiger partial charge is 0.216 e. The Bertz CT molecular complexity index is 730. The zero-order valence-electron chi connectivity index (χ0n) is 10.3. The Labute approximate surface area is 135 Å². The van der Waals surface area contributed by atoms with E-state index in [1.807, 2.05) is 0 Å². The average Bonchev–Trinajstić information content (AvgIpc) is 2.44. The first kappa shape index (κ1) is 16.5. The highest BCUT2D eigenvalue weighted by Crippen LogP contribution is 2.47. The zero-order chi connectivity index (χ0) is 15.7. The van der Waals surface area contributed by atoms with Gasteiger partial charge in [0.25, 0.3) is 9.84 Å². The van der Waals surface area contributed by atoms with Crippen LogP contribution in [0.2, 0.25) is 10.0 Å². The van der Waals surface area contributed by atoms with E-state index in [2.05, 4.69) is 0 Å². The van der Waals surface area contributed by atoms with Gasteiger partial charge in [0.1, 0.15) is 0 Å². The average molecular weight is 369 g/mol. The topological polar surface area (TPSA) is 34.1 Å². The molecule has 0 unspecified atom stereocenters. The first-order valence-corrected chi connectivity index (χ1v) is 8.62. The third-order valence-corrected chi connectivity index (χ3v) is 6.67. The first-order valence-electron chi connectivity index (χ1n) is 5.56. The number of benzene rings is 2. The fraction of sp³-hybridized carbons (Fsp3) is 0.0769. The van der Waals surface area contributed by atoms with E-state index in [0.29, 0.717) is 0 Å². The van der Waals surface area contributed by atoms with Gasteiger partial charge in [-0.3, -0.25) is 0 Å². The molecule has 0 aliphatic heterocycles. The molecule has 0 heterocycles. The molecule has 0 saturated carbocycles. The van der Waals surface area contributed by atoms with E-state index >= 15 is 0 Å². The van der Waals surface area contributed by atoms with Crippen molar-refractivity contribution in [3.05, 3.63) is 58.6 Å². The van der Waals surface area contributed by atoms with Crippen LogP contribution < -0.4 is 0 Å². The van der Waals surface area contributed by atoms with E-state index in [1.165, 1.54) is 36.4 Å². The molecule has 8 heteroatoms. The van der Waals surface area contributed by atoms with E-state index in [-0.39, 0.29) is 26.7 Å². The van der Waals surface area contributed by atoms with Crippen molar-refractivity contribution in [2.45, 2.75) is 14.4 Å². The van der Waals surface area contributed by atoms with Crippen LogP contribution in [0, 0.1) is 0 Å². The summed E-state index contributed by atoms with van der Waals surface area (Å²) in [5.74, 6) is 0. The van der Waals surface area contributed by atoms with Gasteiger partial charge in [-0.05, 0) is 36.0 Å². The van der Waals surface area contributed by atoms with Crippen molar-refractivity contribution >= 4 is 44.8 Å². The molecule has 0 aliphatic carbocycles. The predicted octanol–water partition coefficient (Wildman–Crippen LogP) is 5.11. The molecule has 2 aromatic rings. The van der Waals surface area contributed by atoms with Gasteiger partial charge in [0.2, 0.25) is 0 Å². The number of alkyl halides is 2. The summed E-state index contributed by atoms with van der Waals surface area (Å²) in [5.41, 5.74) is 0. The summed E-state index contributed by atoms with van der Waals surface area (Å²) in [6, 6.07) is 10.7. The van der Waals surface area contributed by atoms with Gasteiger partial charge in [0.15, 0.2) is 0 Å². The van der Waals surface area contributed by atoms with E-state index in [9.17, 15) is 17.2 Å². The maximum atomic E-state index is 14.2. The summed E-state index contributed by atoms with van der Waals surface area (Å²) in [5, 5.41) is -0.0640. The van der Waals surface area contributed by atoms with Crippen LogP contribution in [0.15, 0.2) is 58.3 Å². The van der Waals surface area contributed by atoms with Crippen molar-refractivity contribution in [2.24, 2.45) is 0 Å². The minimum absolute atomic E-state index is 0.0320. The second kappa shape index (κ2) is 6.12. The molecule has 0 atom stereocenters. The Morgan fingerprint density at radius 3 is 1.95 bits per heavy atom. The molecule has 0 spiro atoms. The number of hydrogen-bond donors (Lipinski definition) is 0. The molecule has 0 N–H and O–H groups in total. The Morgan fingerprint density at radius 2 is 1.43 bits per heavy atom. The summed E-state index contributed by atoms with van der Waals surface area (Å²) in [7, 11) is -4.86. The lowest BCUT2D eigenvalue weighted by molar-refractivity contribution is 0.195. The summed E-state index contributed by atoms with van der Waals surface area (Å²) < 4.78 is 48.3. The van der Waals surface area contributed by atoms with Crippen molar-refractivity contribution in [1.29, 1.82) is 0 Å². The molecule has 112 valence electrons. The molecular formula is C13H8Cl2F2O2S2. The van der Waals surface area contributed by atoms with Crippen molar-refractivity contribution in [3.8, 4) is 0 Å². The molecule has 0 fully saturated rings. The fourth-order valence-corrected chi connectivity index (χ4v) is 4.46. The lowest BCUT2D eigenvalue weighted by Crippen LogP contribution is -2.25. The molecule has 0 bridgehead atoms. The molecule has 2 rings (SSSR count). The van der Waals surface area contributed by atoms with E-state index < -0.39 is 19.3 Å². The molecule has 0 aliphatic rings. The maximum Gasteiger partial charge on any atom is 0.401 e. The third-order valence-electron chi connectivity index (χ3n) is 2.51. The Kier molecular flexibility index (Phi) is 4.82. The Balaban J connectivity index is 2.43. The van der Waals surface area contributed by atoms with E-state index in [1.54, 1.807) is 0 Å². The Hall–Kier alpha value is -0.820. The molecule has 21 heavy (non-hydrogen) atoms. The number of rotatable bonds is 4. The SMILES string of the molecule is O=S(=O)(c1ccccc1)C(F)(F)Sc1c(Cl)cccc1Cl. The predicted molar refractivity (Wildman–Crippen MR) is 80.9 cm³/mol. The fourth-order valence-electron chi connectivity index (χ4n) is 1.49. The van der Waals surface area contributed by atoms with Crippen molar-refractivity contribution in [3.63, 3.8) is 0 Å². The molecule has 2 aromatic carbocycles.